The number of ether oxygens (including phenoxy) is 1. The number of rotatable bonds is 10. The van der Waals surface area contributed by atoms with E-state index in [0.29, 0.717) is 25.8 Å². The number of hydrogen-bond acceptors (Lipinski definition) is 6. The highest BCUT2D eigenvalue weighted by Crippen LogP contribution is 2.19. The maximum absolute atomic E-state index is 12.8. The number of benzene rings is 1. The maximum atomic E-state index is 12.8. The van der Waals surface area contributed by atoms with Crippen LogP contribution in [0.4, 0.5) is 0 Å². The molecule has 0 spiro atoms. The molecule has 2 unspecified atom stereocenters. The Labute approximate surface area is 166 Å². The van der Waals surface area contributed by atoms with Gasteiger partial charge in [0.05, 0.1) is 18.7 Å². The Balaban J connectivity index is 2.01. The highest BCUT2D eigenvalue weighted by Gasteiger charge is 2.36. The fraction of sp³-hybridized carbons (Fsp3) is 0.571. The predicted octanol–water partition coefficient (Wildman–Crippen LogP) is 1.08. The lowest BCUT2D eigenvalue weighted by molar-refractivity contribution is -0.147. The van der Waals surface area contributed by atoms with Crippen LogP contribution in [0, 0.1) is 0 Å². The highest BCUT2D eigenvalue weighted by molar-refractivity contribution is 5.92. The van der Waals surface area contributed by atoms with Crippen molar-refractivity contribution in [1.82, 2.24) is 10.2 Å². The number of Topliss-reactive ketones (excluding diaryl/α,β-unsaturated/α-hetero) is 1. The largest absolute Gasteiger partial charge is 0.465 e. The standard InChI is InChI=1S/C21H30N2O5/c1-3-28-21(27)17(12-11-16-8-5-4-6-9-16)22-15(2)20(26)23-13-7-10-18(23)19(25)14-24/h4-6,8-9,15,17-18,22,24H,3,7,10-14H2,1-2H3/t15?,17?,18-/m0/s1. The van der Waals surface area contributed by atoms with E-state index in [9.17, 15) is 14.4 Å². The third-order valence-electron chi connectivity index (χ3n) is 5.02. The molecule has 7 nitrogen and oxygen atoms in total. The highest BCUT2D eigenvalue weighted by atomic mass is 16.5. The van der Waals surface area contributed by atoms with Crippen LogP contribution in [0.25, 0.3) is 0 Å². The number of amides is 1. The summed E-state index contributed by atoms with van der Waals surface area (Å²) in [5.41, 5.74) is 1.10. The van der Waals surface area contributed by atoms with Gasteiger partial charge in [0.15, 0.2) is 5.78 Å². The van der Waals surface area contributed by atoms with Crippen molar-refractivity contribution >= 4 is 17.7 Å². The quantitative estimate of drug-likeness (QED) is 0.581. The third kappa shape index (κ3) is 5.87. The first kappa shape index (κ1) is 22.0. The second-order valence-corrected chi connectivity index (χ2v) is 7.03. The fourth-order valence-corrected chi connectivity index (χ4v) is 3.56. The summed E-state index contributed by atoms with van der Waals surface area (Å²) in [4.78, 5) is 38.6. The molecule has 1 aliphatic heterocycles. The number of hydrogen-bond donors (Lipinski definition) is 2. The topological polar surface area (TPSA) is 95.9 Å². The molecule has 28 heavy (non-hydrogen) atoms. The average Bonchev–Trinajstić information content (AvgIpc) is 3.20. The molecule has 0 radical (unpaired) electrons. The third-order valence-corrected chi connectivity index (χ3v) is 5.02. The van der Waals surface area contributed by atoms with Crippen LogP contribution in [0.1, 0.15) is 38.7 Å². The Morgan fingerprint density at radius 3 is 2.64 bits per heavy atom. The summed E-state index contributed by atoms with van der Waals surface area (Å²) < 4.78 is 5.16. The molecule has 1 amide bonds. The average molecular weight is 390 g/mol. The second-order valence-electron chi connectivity index (χ2n) is 7.03. The minimum atomic E-state index is -0.641. The summed E-state index contributed by atoms with van der Waals surface area (Å²) in [5, 5.41) is 12.2. The van der Waals surface area contributed by atoms with E-state index in [1.165, 1.54) is 4.90 Å². The Hall–Kier alpha value is -2.25. The molecule has 0 aliphatic carbocycles. The van der Waals surface area contributed by atoms with E-state index in [-0.39, 0.29) is 24.3 Å². The lowest BCUT2D eigenvalue weighted by Gasteiger charge is -2.28. The zero-order valence-electron chi connectivity index (χ0n) is 16.6. The molecule has 1 aromatic carbocycles. The lowest BCUT2D eigenvalue weighted by atomic mass is 10.0. The number of nitrogens with zero attached hydrogens (tertiary/aromatic N) is 1. The van der Waals surface area contributed by atoms with Crippen molar-refractivity contribution in [3.63, 3.8) is 0 Å². The number of carbonyl (C=O) groups is 3. The molecular formula is C21H30N2O5. The van der Waals surface area contributed by atoms with Gasteiger partial charge in [-0.15, -0.1) is 0 Å². The summed E-state index contributed by atoms with van der Waals surface area (Å²) in [5.74, 6) is -0.968. The molecule has 3 atom stereocenters. The van der Waals surface area contributed by atoms with E-state index in [0.717, 1.165) is 12.0 Å². The summed E-state index contributed by atoms with van der Waals surface area (Å²) in [7, 11) is 0. The van der Waals surface area contributed by atoms with Gasteiger partial charge in [0.2, 0.25) is 5.91 Å². The number of ketones is 1. The summed E-state index contributed by atoms with van der Waals surface area (Å²) in [6.07, 6.45) is 2.46. The molecule has 1 aliphatic rings. The van der Waals surface area contributed by atoms with Crippen LogP contribution >= 0.6 is 0 Å². The van der Waals surface area contributed by atoms with Gasteiger partial charge in [-0.25, -0.2) is 0 Å². The van der Waals surface area contributed by atoms with E-state index in [4.69, 9.17) is 9.84 Å². The first-order chi connectivity index (χ1) is 13.5. The van der Waals surface area contributed by atoms with Crippen LogP contribution in [0.3, 0.4) is 0 Å². The number of aryl methyl sites for hydroxylation is 1. The van der Waals surface area contributed by atoms with E-state index in [2.05, 4.69) is 5.32 Å². The second kappa shape index (κ2) is 10.9. The first-order valence-corrected chi connectivity index (χ1v) is 9.88. The van der Waals surface area contributed by atoms with Crippen LogP contribution in [-0.2, 0) is 25.5 Å². The van der Waals surface area contributed by atoms with E-state index < -0.39 is 24.7 Å². The molecule has 1 fully saturated rings. The maximum Gasteiger partial charge on any atom is 0.323 e. The molecule has 1 heterocycles. The summed E-state index contributed by atoms with van der Waals surface area (Å²) >= 11 is 0. The zero-order chi connectivity index (χ0) is 20.5. The predicted molar refractivity (Wildman–Crippen MR) is 105 cm³/mol. The first-order valence-electron chi connectivity index (χ1n) is 9.88. The van der Waals surface area contributed by atoms with Gasteiger partial charge in [0.25, 0.3) is 0 Å². The molecule has 154 valence electrons. The molecule has 7 heteroatoms. The number of esters is 1. The van der Waals surface area contributed by atoms with Crippen LogP contribution in [0.15, 0.2) is 30.3 Å². The molecule has 1 aromatic rings. The van der Waals surface area contributed by atoms with Gasteiger partial charge in [0.1, 0.15) is 12.6 Å². The minimum absolute atomic E-state index is 0.238. The van der Waals surface area contributed by atoms with Crippen molar-refractivity contribution in [2.45, 2.75) is 57.7 Å². The van der Waals surface area contributed by atoms with Gasteiger partial charge in [-0.3, -0.25) is 19.7 Å². The number of carbonyl (C=O) groups excluding carboxylic acids is 3. The summed E-state index contributed by atoms with van der Waals surface area (Å²) in [6.45, 7) is 3.62. The van der Waals surface area contributed by atoms with Gasteiger partial charge in [-0.2, -0.15) is 0 Å². The van der Waals surface area contributed by atoms with Crippen molar-refractivity contribution < 1.29 is 24.2 Å². The fourth-order valence-electron chi connectivity index (χ4n) is 3.56. The Kier molecular flexibility index (Phi) is 8.60. The van der Waals surface area contributed by atoms with Gasteiger partial charge >= 0.3 is 5.97 Å². The van der Waals surface area contributed by atoms with Crippen molar-refractivity contribution in [2.24, 2.45) is 0 Å². The van der Waals surface area contributed by atoms with E-state index in [1.54, 1.807) is 13.8 Å². The van der Waals surface area contributed by atoms with Crippen LogP contribution in [0.5, 0.6) is 0 Å². The van der Waals surface area contributed by atoms with Crippen molar-refractivity contribution in [3.05, 3.63) is 35.9 Å². The number of likely N-dealkylation sites (tertiary alicyclic amines) is 1. The summed E-state index contributed by atoms with van der Waals surface area (Å²) in [6, 6.07) is 7.97. The molecular weight excluding hydrogens is 360 g/mol. The van der Waals surface area contributed by atoms with Gasteiger partial charge < -0.3 is 14.7 Å². The Bertz CT molecular complexity index is 664. The van der Waals surface area contributed by atoms with Crippen molar-refractivity contribution in [2.75, 3.05) is 19.8 Å². The SMILES string of the molecule is CCOC(=O)C(CCc1ccccc1)NC(C)C(=O)N1CCC[C@H]1C(=O)CO. The molecule has 0 saturated carbocycles. The normalized spacial score (nSPS) is 18.5. The molecule has 2 rings (SSSR count). The van der Waals surface area contributed by atoms with Gasteiger partial charge in [0, 0.05) is 6.54 Å². The van der Waals surface area contributed by atoms with Crippen LogP contribution in [0.2, 0.25) is 0 Å². The van der Waals surface area contributed by atoms with Crippen molar-refractivity contribution in [3.8, 4) is 0 Å². The van der Waals surface area contributed by atoms with Gasteiger partial charge in [-0.05, 0) is 45.1 Å². The van der Waals surface area contributed by atoms with E-state index in [1.807, 2.05) is 30.3 Å². The number of nitrogens with one attached hydrogen (secondary N) is 1. The van der Waals surface area contributed by atoms with Crippen LogP contribution < -0.4 is 5.32 Å². The molecule has 0 aromatic heterocycles. The molecule has 2 N–H and O–H groups in total. The minimum Gasteiger partial charge on any atom is -0.465 e. The number of aliphatic hydroxyl groups excluding tert-OH is 1. The van der Waals surface area contributed by atoms with Crippen LogP contribution in [-0.4, -0.2) is 65.6 Å². The molecule has 1 saturated heterocycles. The number of aliphatic hydroxyl groups is 1. The van der Waals surface area contributed by atoms with E-state index >= 15 is 0 Å². The Morgan fingerprint density at radius 1 is 1.29 bits per heavy atom. The van der Waals surface area contributed by atoms with Gasteiger partial charge in [-0.1, -0.05) is 30.3 Å². The zero-order valence-corrected chi connectivity index (χ0v) is 16.6. The van der Waals surface area contributed by atoms with Crippen molar-refractivity contribution in [1.29, 1.82) is 0 Å². The lowest BCUT2D eigenvalue weighted by Crippen LogP contribution is -2.53. The smallest absolute Gasteiger partial charge is 0.323 e. The monoisotopic (exact) mass is 390 g/mol. The Morgan fingerprint density at radius 2 is 2.00 bits per heavy atom. The molecule has 0 bridgehead atoms.